The molecule has 0 spiro atoms. The predicted molar refractivity (Wildman–Crippen MR) is 86.9 cm³/mol. The first-order valence-electron chi connectivity index (χ1n) is 7.51. The summed E-state index contributed by atoms with van der Waals surface area (Å²) in [6.45, 7) is 5.43. The average Bonchev–Trinajstić information content (AvgIpc) is 2.96. The molecule has 1 fully saturated rings. The average molecular weight is 308 g/mol. The second kappa shape index (κ2) is 8.29. The summed E-state index contributed by atoms with van der Waals surface area (Å²) >= 11 is 1.59. The Hall–Kier alpha value is -1.20. The highest BCUT2D eigenvalue weighted by Crippen LogP contribution is 2.23. The van der Waals surface area contributed by atoms with Crippen LogP contribution in [0, 0.1) is 5.92 Å². The molecular formula is C16H24N2O2S. The van der Waals surface area contributed by atoms with Crippen LogP contribution in [-0.4, -0.2) is 49.8 Å². The van der Waals surface area contributed by atoms with Crippen molar-refractivity contribution in [1.82, 2.24) is 10.2 Å². The predicted octanol–water partition coefficient (Wildman–Crippen LogP) is 2.25. The van der Waals surface area contributed by atoms with Crippen molar-refractivity contribution in [2.75, 3.05) is 39.0 Å². The first-order chi connectivity index (χ1) is 10.2. The lowest BCUT2D eigenvalue weighted by Gasteiger charge is -2.16. The van der Waals surface area contributed by atoms with Gasteiger partial charge in [-0.05, 0) is 57.1 Å². The standard InChI is InChI=1S/C16H24N2O2S/c1-3-20-14-4-6-15(7-5-14)21-12-16(19)18-9-8-13(11-18)10-17-2/h4-7,13,17H,3,8-12H2,1-2H3. The van der Waals surface area contributed by atoms with Gasteiger partial charge in [0.15, 0.2) is 0 Å². The number of benzene rings is 1. The molecule has 1 aliphatic rings. The molecule has 1 saturated heterocycles. The highest BCUT2D eigenvalue weighted by atomic mass is 32.2. The van der Waals surface area contributed by atoms with Crippen LogP contribution in [0.5, 0.6) is 5.75 Å². The Morgan fingerprint density at radius 3 is 2.86 bits per heavy atom. The van der Waals surface area contributed by atoms with E-state index in [1.807, 2.05) is 43.1 Å². The molecule has 1 aromatic carbocycles. The number of carbonyl (C=O) groups excluding carboxylic acids is 1. The quantitative estimate of drug-likeness (QED) is 0.785. The van der Waals surface area contributed by atoms with E-state index in [2.05, 4.69) is 5.32 Å². The molecule has 1 aliphatic heterocycles. The molecule has 0 saturated carbocycles. The molecule has 116 valence electrons. The first kappa shape index (κ1) is 16.2. The van der Waals surface area contributed by atoms with Gasteiger partial charge in [-0.3, -0.25) is 4.79 Å². The third kappa shape index (κ3) is 4.93. The lowest BCUT2D eigenvalue weighted by atomic mass is 10.1. The zero-order valence-electron chi connectivity index (χ0n) is 12.8. The minimum Gasteiger partial charge on any atom is -0.494 e. The highest BCUT2D eigenvalue weighted by Gasteiger charge is 2.25. The summed E-state index contributed by atoms with van der Waals surface area (Å²) in [5.74, 6) is 2.24. The van der Waals surface area contributed by atoms with Crippen LogP contribution in [0.4, 0.5) is 0 Å². The van der Waals surface area contributed by atoms with Gasteiger partial charge < -0.3 is 15.0 Å². The molecule has 1 heterocycles. The van der Waals surface area contributed by atoms with Crippen LogP contribution in [-0.2, 0) is 4.79 Å². The fraction of sp³-hybridized carbons (Fsp3) is 0.562. The van der Waals surface area contributed by atoms with Crippen molar-refractivity contribution in [3.8, 4) is 5.75 Å². The number of ether oxygens (including phenoxy) is 1. The number of thioether (sulfide) groups is 1. The molecular weight excluding hydrogens is 284 g/mol. The molecule has 5 heteroatoms. The maximum atomic E-state index is 12.2. The molecule has 21 heavy (non-hydrogen) atoms. The molecule has 0 aromatic heterocycles. The third-order valence-electron chi connectivity index (χ3n) is 3.63. The van der Waals surface area contributed by atoms with Crippen molar-refractivity contribution in [3.63, 3.8) is 0 Å². The zero-order chi connectivity index (χ0) is 15.1. The van der Waals surface area contributed by atoms with Gasteiger partial charge in [0.2, 0.25) is 5.91 Å². The Balaban J connectivity index is 1.76. The maximum absolute atomic E-state index is 12.2. The molecule has 0 radical (unpaired) electrons. The van der Waals surface area contributed by atoms with Gasteiger partial charge in [-0.25, -0.2) is 0 Å². The minimum absolute atomic E-state index is 0.243. The number of likely N-dealkylation sites (tertiary alicyclic amines) is 1. The van der Waals surface area contributed by atoms with E-state index in [9.17, 15) is 4.79 Å². The molecule has 4 nitrogen and oxygen atoms in total. The van der Waals surface area contributed by atoms with Crippen LogP contribution in [0.1, 0.15) is 13.3 Å². The van der Waals surface area contributed by atoms with Crippen molar-refractivity contribution in [2.45, 2.75) is 18.2 Å². The van der Waals surface area contributed by atoms with Gasteiger partial charge in [0.25, 0.3) is 0 Å². The zero-order valence-corrected chi connectivity index (χ0v) is 13.6. The minimum atomic E-state index is 0.243. The fourth-order valence-corrected chi connectivity index (χ4v) is 3.35. The SMILES string of the molecule is CCOc1ccc(SCC(=O)N2CCC(CNC)C2)cc1. The molecule has 0 bridgehead atoms. The summed E-state index contributed by atoms with van der Waals surface area (Å²) in [4.78, 5) is 15.3. The summed E-state index contributed by atoms with van der Waals surface area (Å²) < 4.78 is 5.41. The van der Waals surface area contributed by atoms with Crippen LogP contribution in [0.15, 0.2) is 29.2 Å². The van der Waals surface area contributed by atoms with E-state index < -0.39 is 0 Å². The van der Waals surface area contributed by atoms with Crippen molar-refractivity contribution in [2.24, 2.45) is 5.92 Å². The van der Waals surface area contributed by atoms with Crippen LogP contribution < -0.4 is 10.1 Å². The molecule has 1 unspecified atom stereocenters. The van der Waals surface area contributed by atoms with Crippen LogP contribution in [0.2, 0.25) is 0 Å². The van der Waals surface area contributed by atoms with E-state index in [4.69, 9.17) is 4.74 Å². The van der Waals surface area contributed by atoms with Crippen LogP contribution >= 0.6 is 11.8 Å². The van der Waals surface area contributed by atoms with Crippen LogP contribution in [0.3, 0.4) is 0 Å². The van der Waals surface area contributed by atoms with Crippen molar-refractivity contribution < 1.29 is 9.53 Å². The monoisotopic (exact) mass is 308 g/mol. The number of carbonyl (C=O) groups is 1. The number of rotatable bonds is 7. The first-order valence-corrected chi connectivity index (χ1v) is 8.49. The van der Waals surface area contributed by atoms with Gasteiger partial charge in [-0.2, -0.15) is 0 Å². The van der Waals surface area contributed by atoms with Crippen molar-refractivity contribution in [1.29, 1.82) is 0 Å². The third-order valence-corrected chi connectivity index (χ3v) is 4.63. The van der Waals surface area contributed by atoms with E-state index in [1.54, 1.807) is 11.8 Å². The van der Waals surface area contributed by atoms with E-state index in [1.165, 1.54) is 0 Å². The van der Waals surface area contributed by atoms with E-state index in [0.717, 1.165) is 36.7 Å². The van der Waals surface area contributed by atoms with Gasteiger partial charge in [0, 0.05) is 18.0 Å². The molecule has 1 aromatic rings. The number of nitrogens with one attached hydrogen (secondary N) is 1. The fourth-order valence-electron chi connectivity index (χ4n) is 2.55. The number of amides is 1. The lowest BCUT2D eigenvalue weighted by Crippen LogP contribution is -2.31. The molecule has 1 N–H and O–H groups in total. The van der Waals surface area contributed by atoms with Crippen LogP contribution in [0.25, 0.3) is 0 Å². The van der Waals surface area contributed by atoms with E-state index in [-0.39, 0.29) is 5.91 Å². The summed E-state index contributed by atoms with van der Waals surface area (Å²) in [6.07, 6.45) is 1.11. The lowest BCUT2D eigenvalue weighted by molar-refractivity contribution is -0.127. The largest absolute Gasteiger partial charge is 0.494 e. The molecule has 0 aliphatic carbocycles. The Bertz CT molecular complexity index is 450. The highest BCUT2D eigenvalue weighted by molar-refractivity contribution is 8.00. The summed E-state index contributed by atoms with van der Waals surface area (Å²) in [7, 11) is 1.96. The maximum Gasteiger partial charge on any atom is 0.232 e. The number of nitrogens with zero attached hydrogens (tertiary/aromatic N) is 1. The van der Waals surface area contributed by atoms with E-state index >= 15 is 0 Å². The smallest absolute Gasteiger partial charge is 0.232 e. The van der Waals surface area contributed by atoms with Crippen molar-refractivity contribution in [3.05, 3.63) is 24.3 Å². The Morgan fingerprint density at radius 1 is 1.43 bits per heavy atom. The summed E-state index contributed by atoms with van der Waals surface area (Å²) in [6, 6.07) is 7.93. The second-order valence-corrected chi connectivity index (χ2v) is 6.29. The van der Waals surface area contributed by atoms with Gasteiger partial charge in [0.1, 0.15) is 5.75 Å². The Kier molecular flexibility index (Phi) is 6.39. The van der Waals surface area contributed by atoms with E-state index in [0.29, 0.717) is 18.3 Å². The Morgan fingerprint density at radius 2 is 2.19 bits per heavy atom. The van der Waals surface area contributed by atoms with Crippen molar-refractivity contribution >= 4 is 17.7 Å². The van der Waals surface area contributed by atoms with Gasteiger partial charge in [-0.1, -0.05) is 0 Å². The second-order valence-electron chi connectivity index (χ2n) is 5.25. The molecule has 1 atom stereocenters. The normalized spacial score (nSPS) is 18.0. The van der Waals surface area contributed by atoms with Gasteiger partial charge in [0.05, 0.1) is 12.4 Å². The molecule has 2 rings (SSSR count). The number of hydrogen-bond acceptors (Lipinski definition) is 4. The summed E-state index contributed by atoms with van der Waals surface area (Å²) in [5, 5.41) is 3.19. The Labute approximate surface area is 131 Å². The van der Waals surface area contributed by atoms with Gasteiger partial charge in [-0.15, -0.1) is 11.8 Å². The number of hydrogen-bond donors (Lipinski definition) is 1. The topological polar surface area (TPSA) is 41.6 Å². The van der Waals surface area contributed by atoms with Gasteiger partial charge >= 0.3 is 0 Å². The molecule has 1 amide bonds. The summed E-state index contributed by atoms with van der Waals surface area (Å²) in [5.41, 5.74) is 0.